The summed E-state index contributed by atoms with van der Waals surface area (Å²) in [5, 5.41) is 10.7. The molecule has 0 unspecified atom stereocenters. The minimum absolute atomic E-state index is 0.105. The molecule has 0 radical (unpaired) electrons. The Balaban J connectivity index is 1.71. The van der Waals surface area contributed by atoms with E-state index in [1.54, 1.807) is 12.3 Å². The van der Waals surface area contributed by atoms with Gasteiger partial charge in [0.25, 0.3) is 5.91 Å². The third-order valence-corrected chi connectivity index (χ3v) is 3.63. The molecule has 0 saturated heterocycles. The molecule has 0 spiro atoms. The lowest BCUT2D eigenvalue weighted by Gasteiger charge is -2.13. The quantitative estimate of drug-likeness (QED) is 0.777. The Hall–Kier alpha value is -2.82. The SMILES string of the molecule is CN(C)c1ccc(CNC(=O)c2cccc3cn[nH]c23)cc1. The van der Waals surface area contributed by atoms with E-state index in [0.29, 0.717) is 12.1 Å². The average molecular weight is 294 g/mol. The molecule has 0 aliphatic carbocycles. The number of anilines is 1. The van der Waals surface area contributed by atoms with Crippen LogP contribution in [-0.2, 0) is 6.54 Å². The van der Waals surface area contributed by atoms with Crippen LogP contribution in [0, 0.1) is 0 Å². The molecule has 3 aromatic rings. The molecule has 0 atom stereocenters. The number of aromatic amines is 1. The Kier molecular flexibility index (Phi) is 3.78. The van der Waals surface area contributed by atoms with E-state index in [0.717, 1.165) is 22.2 Å². The third-order valence-electron chi connectivity index (χ3n) is 3.63. The van der Waals surface area contributed by atoms with Crippen LogP contribution in [0.2, 0.25) is 0 Å². The number of benzene rings is 2. The topological polar surface area (TPSA) is 61.0 Å². The van der Waals surface area contributed by atoms with Crippen molar-refractivity contribution >= 4 is 22.5 Å². The highest BCUT2D eigenvalue weighted by atomic mass is 16.1. The fraction of sp³-hybridized carbons (Fsp3) is 0.176. The van der Waals surface area contributed by atoms with Gasteiger partial charge in [-0.25, -0.2) is 0 Å². The first kappa shape index (κ1) is 14.1. The number of aromatic nitrogens is 2. The fourth-order valence-corrected chi connectivity index (χ4v) is 2.35. The number of nitrogens with zero attached hydrogens (tertiary/aromatic N) is 2. The lowest BCUT2D eigenvalue weighted by molar-refractivity contribution is 0.0952. The van der Waals surface area contributed by atoms with Gasteiger partial charge in [-0.1, -0.05) is 24.3 Å². The van der Waals surface area contributed by atoms with Gasteiger partial charge in [0.05, 0.1) is 17.3 Å². The maximum Gasteiger partial charge on any atom is 0.253 e. The Bertz CT molecular complexity index is 790. The standard InChI is InChI=1S/C17H18N4O/c1-21(2)14-8-6-12(7-9-14)10-18-17(22)15-5-3-4-13-11-19-20-16(13)15/h3-9,11H,10H2,1-2H3,(H,18,22)(H,19,20). The first-order chi connectivity index (χ1) is 10.6. The second kappa shape index (κ2) is 5.89. The molecule has 3 rings (SSSR count). The molecule has 0 fully saturated rings. The minimum atomic E-state index is -0.105. The zero-order valence-electron chi connectivity index (χ0n) is 12.6. The van der Waals surface area contributed by atoms with Crippen LogP contribution in [0.4, 0.5) is 5.69 Å². The van der Waals surface area contributed by atoms with E-state index in [1.807, 2.05) is 55.4 Å². The van der Waals surface area contributed by atoms with Gasteiger partial charge in [-0.3, -0.25) is 9.89 Å². The van der Waals surface area contributed by atoms with E-state index in [1.165, 1.54) is 0 Å². The van der Waals surface area contributed by atoms with Crippen LogP contribution in [0.5, 0.6) is 0 Å². The summed E-state index contributed by atoms with van der Waals surface area (Å²) in [6.45, 7) is 0.497. The summed E-state index contributed by atoms with van der Waals surface area (Å²) in [6, 6.07) is 13.7. The maximum absolute atomic E-state index is 12.3. The number of nitrogens with one attached hydrogen (secondary N) is 2. The zero-order valence-corrected chi connectivity index (χ0v) is 12.6. The van der Waals surface area contributed by atoms with Crippen LogP contribution in [0.15, 0.2) is 48.7 Å². The van der Waals surface area contributed by atoms with Crippen molar-refractivity contribution in [3.8, 4) is 0 Å². The molecule has 112 valence electrons. The van der Waals surface area contributed by atoms with Crippen LogP contribution in [0.3, 0.4) is 0 Å². The number of rotatable bonds is 4. The summed E-state index contributed by atoms with van der Waals surface area (Å²) >= 11 is 0. The summed E-state index contributed by atoms with van der Waals surface area (Å²) in [4.78, 5) is 14.4. The average Bonchev–Trinajstić information content (AvgIpc) is 3.01. The molecular weight excluding hydrogens is 276 g/mol. The number of H-pyrrole nitrogens is 1. The van der Waals surface area contributed by atoms with Crippen molar-refractivity contribution in [1.82, 2.24) is 15.5 Å². The summed E-state index contributed by atoms with van der Waals surface area (Å²) in [6.07, 6.45) is 1.71. The van der Waals surface area contributed by atoms with Crippen molar-refractivity contribution in [2.24, 2.45) is 0 Å². The van der Waals surface area contributed by atoms with E-state index in [9.17, 15) is 4.79 Å². The van der Waals surface area contributed by atoms with Crippen LogP contribution >= 0.6 is 0 Å². The fourth-order valence-electron chi connectivity index (χ4n) is 2.35. The Morgan fingerprint density at radius 3 is 2.68 bits per heavy atom. The van der Waals surface area contributed by atoms with Crippen LogP contribution in [0.25, 0.3) is 10.9 Å². The van der Waals surface area contributed by atoms with Gasteiger partial charge in [0.2, 0.25) is 0 Å². The highest BCUT2D eigenvalue weighted by Gasteiger charge is 2.10. The minimum Gasteiger partial charge on any atom is -0.378 e. The van der Waals surface area contributed by atoms with Gasteiger partial charge in [0.15, 0.2) is 0 Å². The van der Waals surface area contributed by atoms with Gasteiger partial charge in [-0.05, 0) is 23.8 Å². The zero-order chi connectivity index (χ0) is 15.5. The normalized spacial score (nSPS) is 10.6. The molecule has 22 heavy (non-hydrogen) atoms. The molecule has 0 aliphatic rings. The molecule has 5 heteroatoms. The molecule has 0 aliphatic heterocycles. The van der Waals surface area contributed by atoms with Crippen molar-refractivity contribution in [2.75, 3.05) is 19.0 Å². The predicted molar refractivity (Wildman–Crippen MR) is 88.0 cm³/mol. The molecule has 1 heterocycles. The summed E-state index contributed by atoms with van der Waals surface area (Å²) < 4.78 is 0. The Labute approximate surface area is 128 Å². The second-order valence-electron chi connectivity index (χ2n) is 5.38. The van der Waals surface area contributed by atoms with Gasteiger partial charge in [0.1, 0.15) is 0 Å². The van der Waals surface area contributed by atoms with Gasteiger partial charge in [-0.2, -0.15) is 5.10 Å². The monoisotopic (exact) mass is 294 g/mol. The molecule has 0 saturated carbocycles. The smallest absolute Gasteiger partial charge is 0.253 e. The maximum atomic E-state index is 12.3. The number of hydrogen-bond donors (Lipinski definition) is 2. The Morgan fingerprint density at radius 2 is 1.95 bits per heavy atom. The van der Waals surface area contributed by atoms with Crippen LogP contribution in [0.1, 0.15) is 15.9 Å². The molecule has 1 aromatic heterocycles. The van der Waals surface area contributed by atoms with Crippen LogP contribution < -0.4 is 10.2 Å². The number of amides is 1. The first-order valence-electron chi connectivity index (χ1n) is 7.12. The van der Waals surface area contributed by atoms with Crippen LogP contribution in [-0.4, -0.2) is 30.2 Å². The van der Waals surface area contributed by atoms with E-state index >= 15 is 0 Å². The van der Waals surface area contributed by atoms with Crippen molar-refractivity contribution in [2.45, 2.75) is 6.54 Å². The first-order valence-corrected chi connectivity index (χ1v) is 7.12. The number of para-hydroxylation sites is 1. The summed E-state index contributed by atoms with van der Waals surface area (Å²) in [7, 11) is 4.00. The number of carbonyl (C=O) groups is 1. The highest BCUT2D eigenvalue weighted by Crippen LogP contribution is 2.16. The van der Waals surface area contributed by atoms with E-state index < -0.39 is 0 Å². The predicted octanol–water partition coefficient (Wildman–Crippen LogP) is 2.56. The van der Waals surface area contributed by atoms with Crippen molar-refractivity contribution in [1.29, 1.82) is 0 Å². The largest absolute Gasteiger partial charge is 0.378 e. The number of fused-ring (bicyclic) bond motifs is 1. The summed E-state index contributed by atoms with van der Waals surface area (Å²) in [5.41, 5.74) is 3.58. The molecule has 1 amide bonds. The van der Waals surface area contributed by atoms with Gasteiger partial charge in [0, 0.05) is 31.7 Å². The van der Waals surface area contributed by atoms with E-state index in [-0.39, 0.29) is 5.91 Å². The van der Waals surface area contributed by atoms with E-state index in [4.69, 9.17) is 0 Å². The molecule has 0 bridgehead atoms. The molecule has 2 N–H and O–H groups in total. The molecule has 5 nitrogen and oxygen atoms in total. The highest BCUT2D eigenvalue weighted by molar-refractivity contribution is 6.05. The van der Waals surface area contributed by atoms with Gasteiger partial charge >= 0.3 is 0 Å². The van der Waals surface area contributed by atoms with Crippen molar-refractivity contribution in [3.63, 3.8) is 0 Å². The Morgan fingerprint density at radius 1 is 1.18 bits per heavy atom. The summed E-state index contributed by atoms with van der Waals surface area (Å²) in [5.74, 6) is -0.105. The molecular formula is C17H18N4O. The third kappa shape index (κ3) is 2.79. The van der Waals surface area contributed by atoms with Gasteiger partial charge < -0.3 is 10.2 Å². The number of hydrogen-bond acceptors (Lipinski definition) is 3. The second-order valence-corrected chi connectivity index (χ2v) is 5.38. The van der Waals surface area contributed by atoms with Gasteiger partial charge in [-0.15, -0.1) is 0 Å². The lowest BCUT2D eigenvalue weighted by Crippen LogP contribution is -2.23. The lowest BCUT2D eigenvalue weighted by atomic mass is 10.1. The van der Waals surface area contributed by atoms with Crippen molar-refractivity contribution < 1.29 is 4.79 Å². The number of carbonyl (C=O) groups excluding carboxylic acids is 1. The molecule has 2 aromatic carbocycles. The van der Waals surface area contributed by atoms with E-state index in [2.05, 4.69) is 15.5 Å². The van der Waals surface area contributed by atoms with Crippen molar-refractivity contribution in [3.05, 3.63) is 59.8 Å².